The molecule has 0 aromatic heterocycles. The maximum atomic E-state index is 12.5. The van der Waals surface area contributed by atoms with Crippen LogP contribution >= 0.6 is 15.9 Å². The molecule has 18 heavy (non-hydrogen) atoms. The molecule has 0 spiro atoms. The van der Waals surface area contributed by atoms with Crippen molar-refractivity contribution in [1.82, 2.24) is 0 Å². The van der Waals surface area contributed by atoms with Gasteiger partial charge in [0.2, 0.25) is 5.91 Å². The Morgan fingerprint density at radius 3 is 2.61 bits per heavy atom. The first-order valence-corrected chi connectivity index (χ1v) is 5.98. The molecule has 1 atom stereocenters. The van der Waals surface area contributed by atoms with Gasteiger partial charge in [0, 0.05) is 4.47 Å². The molecule has 0 heterocycles. The summed E-state index contributed by atoms with van der Waals surface area (Å²) in [7, 11) is 0. The van der Waals surface area contributed by atoms with E-state index in [0.717, 1.165) is 12.1 Å². The molecular weight excluding hydrogens is 313 g/mol. The van der Waals surface area contributed by atoms with Crippen LogP contribution in [0.25, 0.3) is 0 Å². The van der Waals surface area contributed by atoms with E-state index in [1.807, 2.05) is 0 Å². The summed E-state index contributed by atoms with van der Waals surface area (Å²) in [5.41, 5.74) is 4.72. The van der Waals surface area contributed by atoms with Crippen molar-refractivity contribution < 1.29 is 18.0 Å². The fourth-order valence-electron chi connectivity index (χ4n) is 1.21. The van der Waals surface area contributed by atoms with Crippen LogP contribution in [0.2, 0.25) is 0 Å². The predicted octanol–water partition coefficient (Wildman–Crippen LogP) is 3.14. The van der Waals surface area contributed by atoms with Crippen molar-refractivity contribution in [2.45, 2.75) is 25.6 Å². The molecule has 0 aliphatic carbocycles. The highest BCUT2D eigenvalue weighted by molar-refractivity contribution is 9.10. The molecular formula is C11H12BrF3N2O. The Balaban J connectivity index is 2.99. The number of hydrogen-bond donors (Lipinski definition) is 2. The number of nitrogens with one attached hydrogen (secondary N) is 1. The summed E-state index contributed by atoms with van der Waals surface area (Å²) in [6.45, 7) is 1.71. The average Bonchev–Trinajstić information content (AvgIpc) is 2.29. The van der Waals surface area contributed by atoms with Gasteiger partial charge in [-0.25, -0.2) is 0 Å². The van der Waals surface area contributed by atoms with E-state index >= 15 is 0 Å². The maximum absolute atomic E-state index is 12.5. The summed E-state index contributed by atoms with van der Waals surface area (Å²) in [4.78, 5) is 11.5. The molecule has 0 saturated heterocycles. The van der Waals surface area contributed by atoms with Crippen LogP contribution in [0, 0.1) is 0 Å². The number of hydrogen-bond acceptors (Lipinski definition) is 2. The molecule has 0 fully saturated rings. The van der Waals surface area contributed by atoms with Crippen molar-refractivity contribution in [2.75, 3.05) is 5.32 Å². The quantitative estimate of drug-likeness (QED) is 0.897. The number of carbonyl (C=O) groups excluding carboxylic acids is 1. The third kappa shape index (κ3) is 3.71. The summed E-state index contributed by atoms with van der Waals surface area (Å²) in [6, 6.07) is 2.28. The summed E-state index contributed by atoms with van der Waals surface area (Å²) in [5, 5.41) is 2.36. The number of anilines is 1. The molecule has 3 nitrogen and oxygen atoms in total. The molecule has 1 amide bonds. The van der Waals surface area contributed by atoms with Crippen LogP contribution in [0.3, 0.4) is 0 Å². The second-order valence-corrected chi connectivity index (χ2v) is 4.55. The number of nitrogens with two attached hydrogens (primary N) is 1. The lowest BCUT2D eigenvalue weighted by Gasteiger charge is -2.14. The molecule has 7 heteroatoms. The van der Waals surface area contributed by atoms with E-state index in [1.54, 1.807) is 6.92 Å². The van der Waals surface area contributed by atoms with Gasteiger partial charge in [-0.1, -0.05) is 6.92 Å². The van der Waals surface area contributed by atoms with E-state index in [-0.39, 0.29) is 5.69 Å². The van der Waals surface area contributed by atoms with Crippen LogP contribution in [0.1, 0.15) is 18.9 Å². The Hall–Kier alpha value is -1.08. The Labute approximate surface area is 111 Å². The van der Waals surface area contributed by atoms with Crippen LogP contribution < -0.4 is 11.1 Å². The first-order chi connectivity index (χ1) is 8.25. The highest BCUT2D eigenvalue weighted by Gasteiger charge is 2.31. The van der Waals surface area contributed by atoms with Gasteiger partial charge in [-0.3, -0.25) is 4.79 Å². The summed E-state index contributed by atoms with van der Waals surface area (Å²) in [6.07, 6.45) is -4.05. The second kappa shape index (κ2) is 5.71. The van der Waals surface area contributed by atoms with E-state index in [2.05, 4.69) is 21.2 Å². The lowest BCUT2D eigenvalue weighted by molar-refractivity contribution is -0.137. The third-order valence-electron chi connectivity index (χ3n) is 2.33. The lowest BCUT2D eigenvalue weighted by Crippen LogP contribution is -2.34. The van der Waals surface area contributed by atoms with Crippen LogP contribution in [-0.2, 0) is 11.0 Å². The first-order valence-electron chi connectivity index (χ1n) is 5.19. The Kier molecular flexibility index (Phi) is 4.75. The van der Waals surface area contributed by atoms with Gasteiger partial charge in [-0.15, -0.1) is 0 Å². The van der Waals surface area contributed by atoms with Gasteiger partial charge in [-0.05, 0) is 40.5 Å². The predicted molar refractivity (Wildman–Crippen MR) is 66.0 cm³/mol. The van der Waals surface area contributed by atoms with Gasteiger partial charge in [0.25, 0.3) is 0 Å². The summed E-state index contributed by atoms with van der Waals surface area (Å²) in [5.74, 6) is -0.516. The first kappa shape index (κ1) is 15.0. The van der Waals surface area contributed by atoms with Crippen LogP contribution in [0.4, 0.5) is 18.9 Å². The van der Waals surface area contributed by atoms with E-state index in [9.17, 15) is 18.0 Å². The number of halogens is 4. The van der Waals surface area contributed by atoms with Crippen LogP contribution in [0.5, 0.6) is 0 Å². The minimum Gasteiger partial charge on any atom is -0.324 e. The normalized spacial score (nSPS) is 13.2. The maximum Gasteiger partial charge on any atom is 0.416 e. The smallest absolute Gasteiger partial charge is 0.324 e. The summed E-state index contributed by atoms with van der Waals surface area (Å²) < 4.78 is 37.9. The number of carbonyl (C=O) groups is 1. The fraction of sp³-hybridized carbons (Fsp3) is 0.364. The van der Waals surface area contributed by atoms with Gasteiger partial charge in [0.15, 0.2) is 0 Å². The zero-order chi connectivity index (χ0) is 13.9. The zero-order valence-corrected chi connectivity index (χ0v) is 11.1. The van der Waals surface area contributed by atoms with E-state index < -0.39 is 23.7 Å². The van der Waals surface area contributed by atoms with Crippen molar-refractivity contribution >= 4 is 27.5 Å². The molecule has 0 aliphatic heterocycles. The Bertz CT molecular complexity index is 448. The fourth-order valence-corrected chi connectivity index (χ4v) is 1.55. The third-order valence-corrected chi connectivity index (χ3v) is 3.02. The van der Waals surface area contributed by atoms with Crippen molar-refractivity contribution in [3.63, 3.8) is 0 Å². The van der Waals surface area contributed by atoms with Crippen molar-refractivity contribution in [2.24, 2.45) is 5.73 Å². The number of alkyl halides is 3. The second-order valence-electron chi connectivity index (χ2n) is 3.70. The standard InChI is InChI=1S/C11H12BrF3N2O/c1-2-8(16)10(18)17-9-5-6(11(13,14)15)3-4-7(9)12/h3-5,8H,2,16H2,1H3,(H,17,18)/t8-/m0/s1. The minimum atomic E-state index is -4.45. The highest BCUT2D eigenvalue weighted by atomic mass is 79.9. The molecule has 0 aliphatic rings. The van der Waals surface area contributed by atoms with Crippen LogP contribution in [0.15, 0.2) is 22.7 Å². The van der Waals surface area contributed by atoms with Crippen LogP contribution in [-0.4, -0.2) is 11.9 Å². The topological polar surface area (TPSA) is 55.1 Å². The monoisotopic (exact) mass is 324 g/mol. The molecule has 0 bridgehead atoms. The molecule has 100 valence electrons. The van der Waals surface area contributed by atoms with Crippen molar-refractivity contribution in [3.8, 4) is 0 Å². The molecule has 0 unspecified atom stereocenters. The molecule has 3 N–H and O–H groups in total. The average molecular weight is 325 g/mol. The SMILES string of the molecule is CC[C@H](N)C(=O)Nc1cc(C(F)(F)F)ccc1Br. The van der Waals surface area contributed by atoms with E-state index in [4.69, 9.17) is 5.73 Å². The minimum absolute atomic E-state index is 0.0544. The number of rotatable bonds is 3. The van der Waals surface area contributed by atoms with Gasteiger partial charge >= 0.3 is 6.18 Å². The van der Waals surface area contributed by atoms with E-state index in [0.29, 0.717) is 10.9 Å². The Morgan fingerprint density at radius 2 is 2.11 bits per heavy atom. The number of amides is 1. The van der Waals surface area contributed by atoms with Crippen molar-refractivity contribution in [1.29, 1.82) is 0 Å². The van der Waals surface area contributed by atoms with Gasteiger partial charge in [0.1, 0.15) is 0 Å². The highest BCUT2D eigenvalue weighted by Crippen LogP contribution is 2.33. The number of benzene rings is 1. The molecule has 1 aromatic carbocycles. The molecule has 0 saturated carbocycles. The molecule has 1 aromatic rings. The Morgan fingerprint density at radius 1 is 1.50 bits per heavy atom. The molecule has 0 radical (unpaired) electrons. The van der Waals surface area contributed by atoms with Gasteiger partial charge in [-0.2, -0.15) is 13.2 Å². The van der Waals surface area contributed by atoms with Crippen molar-refractivity contribution in [3.05, 3.63) is 28.2 Å². The lowest BCUT2D eigenvalue weighted by atomic mass is 10.1. The van der Waals surface area contributed by atoms with Gasteiger partial charge < -0.3 is 11.1 Å². The molecule has 1 rings (SSSR count). The zero-order valence-electron chi connectivity index (χ0n) is 9.51. The summed E-state index contributed by atoms with van der Waals surface area (Å²) >= 11 is 3.07. The van der Waals surface area contributed by atoms with E-state index in [1.165, 1.54) is 6.07 Å². The largest absolute Gasteiger partial charge is 0.416 e. The van der Waals surface area contributed by atoms with Gasteiger partial charge in [0.05, 0.1) is 17.3 Å².